The molecule has 1 aliphatic carbocycles. The molecule has 1 saturated carbocycles. The van der Waals surface area contributed by atoms with Gasteiger partial charge in [0.15, 0.2) is 0 Å². The van der Waals surface area contributed by atoms with Crippen LogP contribution in [0.2, 0.25) is 0 Å². The van der Waals surface area contributed by atoms with E-state index in [2.05, 4.69) is 16.5 Å². The fourth-order valence-electron chi connectivity index (χ4n) is 2.39. The van der Waals surface area contributed by atoms with Crippen molar-refractivity contribution < 1.29 is 12.8 Å². The number of sulfonamides is 1. The minimum atomic E-state index is -3.74. The van der Waals surface area contributed by atoms with Gasteiger partial charge in [-0.2, -0.15) is 0 Å². The van der Waals surface area contributed by atoms with Crippen LogP contribution in [0.3, 0.4) is 0 Å². The third kappa shape index (κ3) is 3.93. The molecule has 0 heterocycles. The van der Waals surface area contributed by atoms with Crippen molar-refractivity contribution in [2.75, 3.05) is 25.4 Å². The first-order valence-corrected chi connectivity index (χ1v) is 8.62. The summed E-state index contributed by atoms with van der Waals surface area (Å²) in [4.78, 5) is 2.16. The third-order valence-corrected chi connectivity index (χ3v) is 5.36. The summed E-state index contributed by atoms with van der Waals surface area (Å²) in [6, 6.07) is 3.01. The first kappa shape index (κ1) is 16.2. The molecule has 1 aromatic rings. The highest BCUT2D eigenvalue weighted by atomic mass is 32.2. The lowest BCUT2D eigenvalue weighted by Gasteiger charge is -2.20. The Bertz CT molecular complexity index is 615. The van der Waals surface area contributed by atoms with Crippen LogP contribution >= 0.6 is 0 Å². The molecule has 1 aliphatic rings. The van der Waals surface area contributed by atoms with Crippen LogP contribution in [0.4, 0.5) is 10.1 Å². The van der Waals surface area contributed by atoms with Crippen LogP contribution in [0.5, 0.6) is 0 Å². The van der Waals surface area contributed by atoms with Gasteiger partial charge < -0.3 is 5.73 Å². The van der Waals surface area contributed by atoms with E-state index in [1.54, 1.807) is 0 Å². The van der Waals surface area contributed by atoms with Gasteiger partial charge in [0.1, 0.15) is 5.82 Å². The van der Waals surface area contributed by atoms with Crippen LogP contribution in [0.25, 0.3) is 0 Å². The van der Waals surface area contributed by atoms with Crippen LogP contribution in [0, 0.1) is 12.7 Å². The van der Waals surface area contributed by atoms with Crippen LogP contribution in [0.1, 0.15) is 25.3 Å². The molecule has 1 aromatic carbocycles. The molecule has 0 atom stereocenters. The smallest absolute Gasteiger partial charge is 0.241 e. The van der Waals surface area contributed by atoms with Gasteiger partial charge in [-0.25, -0.2) is 17.5 Å². The van der Waals surface area contributed by atoms with Crippen molar-refractivity contribution in [1.82, 2.24) is 9.62 Å². The number of anilines is 1. The van der Waals surface area contributed by atoms with Crippen molar-refractivity contribution in [1.29, 1.82) is 0 Å². The van der Waals surface area contributed by atoms with E-state index in [1.807, 2.05) is 0 Å². The number of benzene rings is 1. The Kier molecular flexibility index (Phi) is 4.85. The maximum Gasteiger partial charge on any atom is 0.241 e. The Morgan fingerprint density at radius 1 is 1.43 bits per heavy atom. The average Bonchev–Trinajstić information content (AvgIpc) is 3.23. The Hall–Kier alpha value is -1.18. The van der Waals surface area contributed by atoms with Crippen LogP contribution in [-0.2, 0) is 10.0 Å². The van der Waals surface area contributed by atoms with Gasteiger partial charge in [0, 0.05) is 30.4 Å². The van der Waals surface area contributed by atoms with Gasteiger partial charge in [-0.1, -0.05) is 6.92 Å². The monoisotopic (exact) mass is 315 g/mol. The molecule has 1 fully saturated rings. The highest BCUT2D eigenvalue weighted by Crippen LogP contribution is 2.26. The largest absolute Gasteiger partial charge is 0.399 e. The summed E-state index contributed by atoms with van der Waals surface area (Å²) >= 11 is 0. The second kappa shape index (κ2) is 6.29. The molecule has 7 heteroatoms. The molecule has 2 rings (SSSR count). The SMILES string of the molecule is CCN(CCNS(=O)(=O)c1cc(N)cc(F)c1C)C1CC1. The second-order valence-corrected chi connectivity index (χ2v) is 7.12. The lowest BCUT2D eigenvalue weighted by atomic mass is 10.2. The molecule has 0 spiro atoms. The molecule has 5 nitrogen and oxygen atoms in total. The number of rotatable bonds is 7. The second-order valence-electron chi connectivity index (χ2n) is 5.38. The minimum Gasteiger partial charge on any atom is -0.399 e. The van der Waals surface area contributed by atoms with E-state index < -0.39 is 15.8 Å². The minimum absolute atomic E-state index is 0.0885. The van der Waals surface area contributed by atoms with Crippen molar-refractivity contribution in [2.24, 2.45) is 0 Å². The van der Waals surface area contributed by atoms with Crippen molar-refractivity contribution >= 4 is 15.7 Å². The molecular weight excluding hydrogens is 293 g/mol. The van der Waals surface area contributed by atoms with Gasteiger partial charge in [-0.15, -0.1) is 0 Å². The predicted molar refractivity (Wildman–Crippen MR) is 81.0 cm³/mol. The van der Waals surface area contributed by atoms with E-state index in [0.717, 1.165) is 12.6 Å². The number of nitrogens with zero attached hydrogens (tertiary/aromatic N) is 1. The van der Waals surface area contributed by atoms with E-state index in [1.165, 1.54) is 25.8 Å². The lowest BCUT2D eigenvalue weighted by molar-refractivity contribution is 0.282. The van der Waals surface area contributed by atoms with E-state index in [9.17, 15) is 12.8 Å². The Balaban J connectivity index is 2.04. The van der Waals surface area contributed by atoms with Crippen molar-refractivity contribution in [3.63, 3.8) is 0 Å². The summed E-state index contributed by atoms with van der Waals surface area (Å²) in [5.74, 6) is -0.608. The molecule has 0 radical (unpaired) electrons. The highest BCUT2D eigenvalue weighted by molar-refractivity contribution is 7.89. The highest BCUT2D eigenvalue weighted by Gasteiger charge is 2.28. The zero-order valence-corrected chi connectivity index (χ0v) is 13.2. The standard InChI is InChI=1S/C14H22FN3O2S/c1-3-18(12-4-5-12)7-6-17-21(19,20)14-9-11(16)8-13(15)10(14)2/h8-9,12,17H,3-7,16H2,1-2H3. The molecule has 118 valence electrons. The van der Waals surface area contributed by atoms with Gasteiger partial charge in [0.25, 0.3) is 0 Å². The summed E-state index contributed by atoms with van der Waals surface area (Å²) in [6.07, 6.45) is 2.36. The molecule has 0 amide bonds. The molecule has 0 aliphatic heterocycles. The Morgan fingerprint density at radius 2 is 2.10 bits per heavy atom. The lowest BCUT2D eigenvalue weighted by Crippen LogP contribution is -2.36. The molecule has 0 bridgehead atoms. The van der Waals surface area contributed by atoms with E-state index >= 15 is 0 Å². The summed E-state index contributed by atoms with van der Waals surface area (Å²) < 4.78 is 40.7. The van der Waals surface area contributed by atoms with Gasteiger partial charge in [-0.05, 0) is 38.4 Å². The average molecular weight is 315 g/mol. The van der Waals surface area contributed by atoms with E-state index in [-0.39, 0.29) is 16.1 Å². The summed E-state index contributed by atoms with van der Waals surface area (Å²) in [7, 11) is -3.74. The molecular formula is C14H22FN3O2S. The Labute approximate surface area is 125 Å². The quantitative estimate of drug-likeness (QED) is 0.747. The van der Waals surface area contributed by atoms with E-state index in [4.69, 9.17) is 5.73 Å². The number of hydrogen-bond donors (Lipinski definition) is 2. The van der Waals surface area contributed by atoms with Crippen molar-refractivity contribution in [3.05, 3.63) is 23.5 Å². The molecule has 0 aromatic heterocycles. The predicted octanol–water partition coefficient (Wildman–Crippen LogP) is 1.48. The van der Waals surface area contributed by atoms with Gasteiger partial charge >= 0.3 is 0 Å². The first-order chi connectivity index (χ1) is 9.85. The maximum absolute atomic E-state index is 13.6. The van der Waals surface area contributed by atoms with Crippen LogP contribution < -0.4 is 10.5 Å². The molecule has 21 heavy (non-hydrogen) atoms. The summed E-state index contributed by atoms with van der Waals surface area (Å²) in [5.41, 5.74) is 5.72. The van der Waals surface area contributed by atoms with Crippen LogP contribution in [0.15, 0.2) is 17.0 Å². The normalized spacial score (nSPS) is 15.6. The van der Waals surface area contributed by atoms with Gasteiger partial charge in [-0.3, -0.25) is 4.90 Å². The number of halogens is 1. The molecule has 0 saturated heterocycles. The fraction of sp³-hybridized carbons (Fsp3) is 0.571. The number of hydrogen-bond acceptors (Lipinski definition) is 4. The topological polar surface area (TPSA) is 75.4 Å². The molecule has 0 unspecified atom stereocenters. The summed E-state index contributed by atoms with van der Waals surface area (Å²) in [5, 5.41) is 0. The van der Waals surface area contributed by atoms with Gasteiger partial charge in [0.05, 0.1) is 4.90 Å². The Morgan fingerprint density at radius 3 is 2.67 bits per heavy atom. The van der Waals surface area contributed by atoms with Crippen molar-refractivity contribution in [2.45, 2.75) is 37.6 Å². The number of nitrogen functional groups attached to an aromatic ring is 1. The zero-order chi connectivity index (χ0) is 15.6. The van der Waals surface area contributed by atoms with Crippen LogP contribution in [-0.4, -0.2) is 39.0 Å². The fourth-order valence-corrected chi connectivity index (χ4v) is 3.70. The zero-order valence-electron chi connectivity index (χ0n) is 12.4. The molecule has 3 N–H and O–H groups in total. The third-order valence-electron chi connectivity index (χ3n) is 3.77. The summed E-state index contributed by atoms with van der Waals surface area (Å²) in [6.45, 7) is 5.36. The number of nitrogens with two attached hydrogens (primary N) is 1. The number of likely N-dealkylation sites (N-methyl/N-ethyl adjacent to an activating group) is 1. The van der Waals surface area contributed by atoms with Gasteiger partial charge in [0.2, 0.25) is 10.0 Å². The van der Waals surface area contributed by atoms with Crippen molar-refractivity contribution in [3.8, 4) is 0 Å². The number of nitrogens with one attached hydrogen (secondary N) is 1. The van der Waals surface area contributed by atoms with E-state index in [0.29, 0.717) is 19.1 Å². The maximum atomic E-state index is 13.6. The first-order valence-electron chi connectivity index (χ1n) is 7.14.